The summed E-state index contributed by atoms with van der Waals surface area (Å²) in [4.78, 5) is 24.5. The molecule has 1 heterocycles. The standard InChI is InChI=1S/C8H13N3O4/c1-2-6-7(13)9-8(14)11(10-6)5-15-4-3-12/h12H,2-5H2,1H3,(H,9,13,14). The second-order valence-corrected chi connectivity index (χ2v) is 2.82. The molecule has 0 atom stereocenters. The maximum absolute atomic E-state index is 11.2. The van der Waals surface area contributed by atoms with Crippen LogP contribution in [-0.4, -0.2) is 33.1 Å². The fourth-order valence-electron chi connectivity index (χ4n) is 1.00. The Morgan fingerprint density at radius 3 is 2.87 bits per heavy atom. The Balaban J connectivity index is 2.88. The van der Waals surface area contributed by atoms with Gasteiger partial charge in [-0.25, -0.2) is 4.79 Å². The first-order valence-electron chi connectivity index (χ1n) is 4.58. The SMILES string of the molecule is CCc1nn(COCCO)c(=O)[nH]c1=O. The van der Waals surface area contributed by atoms with Crippen LogP contribution in [0.1, 0.15) is 12.6 Å². The summed E-state index contributed by atoms with van der Waals surface area (Å²) in [6, 6.07) is 0. The molecule has 7 heteroatoms. The molecular weight excluding hydrogens is 202 g/mol. The Bertz CT molecular complexity index is 423. The molecule has 0 saturated heterocycles. The molecule has 0 aliphatic rings. The molecule has 0 saturated carbocycles. The monoisotopic (exact) mass is 215 g/mol. The number of rotatable bonds is 5. The van der Waals surface area contributed by atoms with Gasteiger partial charge in [-0.05, 0) is 6.42 Å². The lowest BCUT2D eigenvalue weighted by Crippen LogP contribution is -2.35. The highest BCUT2D eigenvalue weighted by atomic mass is 16.5. The first-order valence-corrected chi connectivity index (χ1v) is 4.58. The van der Waals surface area contributed by atoms with Crippen molar-refractivity contribution in [2.24, 2.45) is 0 Å². The normalized spacial score (nSPS) is 10.5. The molecule has 0 aliphatic carbocycles. The Labute approximate surface area is 85.3 Å². The number of aliphatic hydroxyl groups excluding tert-OH is 1. The molecule has 0 unspecified atom stereocenters. The lowest BCUT2D eigenvalue weighted by molar-refractivity contribution is 0.0379. The lowest BCUT2D eigenvalue weighted by atomic mass is 10.4. The maximum atomic E-state index is 11.2. The number of aryl methyl sites for hydroxylation is 1. The third-order valence-electron chi connectivity index (χ3n) is 1.74. The Morgan fingerprint density at radius 1 is 1.53 bits per heavy atom. The van der Waals surface area contributed by atoms with Gasteiger partial charge in [0.25, 0.3) is 5.56 Å². The van der Waals surface area contributed by atoms with Crippen molar-refractivity contribution in [2.75, 3.05) is 13.2 Å². The van der Waals surface area contributed by atoms with Crippen LogP contribution < -0.4 is 11.2 Å². The number of nitrogens with zero attached hydrogens (tertiary/aromatic N) is 2. The zero-order chi connectivity index (χ0) is 11.3. The number of ether oxygens (including phenoxy) is 1. The first-order chi connectivity index (χ1) is 7.19. The molecule has 0 aliphatic heterocycles. The number of hydrogen-bond acceptors (Lipinski definition) is 5. The van der Waals surface area contributed by atoms with E-state index in [1.54, 1.807) is 6.92 Å². The highest BCUT2D eigenvalue weighted by Gasteiger charge is 2.04. The van der Waals surface area contributed by atoms with E-state index >= 15 is 0 Å². The Morgan fingerprint density at radius 2 is 2.27 bits per heavy atom. The zero-order valence-electron chi connectivity index (χ0n) is 8.39. The largest absolute Gasteiger partial charge is 0.394 e. The van der Waals surface area contributed by atoms with Gasteiger partial charge in [-0.1, -0.05) is 6.92 Å². The fourth-order valence-corrected chi connectivity index (χ4v) is 1.00. The van der Waals surface area contributed by atoms with E-state index < -0.39 is 11.2 Å². The van der Waals surface area contributed by atoms with E-state index in [0.717, 1.165) is 4.68 Å². The smallest absolute Gasteiger partial charge is 0.346 e. The molecule has 2 N–H and O–H groups in total. The average Bonchev–Trinajstić information content (AvgIpc) is 2.21. The van der Waals surface area contributed by atoms with Crippen molar-refractivity contribution in [1.29, 1.82) is 0 Å². The highest BCUT2D eigenvalue weighted by Crippen LogP contribution is 1.83. The van der Waals surface area contributed by atoms with Crippen molar-refractivity contribution in [3.05, 3.63) is 26.5 Å². The van der Waals surface area contributed by atoms with Crippen LogP contribution in [0.25, 0.3) is 0 Å². The number of H-pyrrole nitrogens is 1. The topological polar surface area (TPSA) is 97.2 Å². The molecule has 15 heavy (non-hydrogen) atoms. The predicted octanol–water partition coefficient (Wildman–Crippen LogP) is -1.54. The van der Waals surface area contributed by atoms with E-state index in [1.165, 1.54) is 0 Å². The molecule has 0 spiro atoms. The van der Waals surface area contributed by atoms with Gasteiger partial charge in [0.2, 0.25) is 0 Å². The minimum atomic E-state index is -0.616. The lowest BCUT2D eigenvalue weighted by Gasteiger charge is -2.05. The summed E-state index contributed by atoms with van der Waals surface area (Å²) < 4.78 is 5.93. The molecule has 0 aromatic carbocycles. The van der Waals surface area contributed by atoms with Gasteiger partial charge in [-0.2, -0.15) is 9.78 Å². The van der Waals surface area contributed by atoms with Crippen LogP contribution in [0, 0.1) is 0 Å². The van der Waals surface area contributed by atoms with Gasteiger partial charge in [0, 0.05) is 0 Å². The molecule has 0 radical (unpaired) electrons. The molecule has 1 aromatic rings. The van der Waals surface area contributed by atoms with E-state index in [1.807, 2.05) is 0 Å². The van der Waals surface area contributed by atoms with Crippen molar-refractivity contribution in [3.63, 3.8) is 0 Å². The molecule has 0 bridgehead atoms. The maximum Gasteiger partial charge on any atom is 0.346 e. The van der Waals surface area contributed by atoms with E-state index in [-0.39, 0.29) is 25.6 Å². The summed E-state index contributed by atoms with van der Waals surface area (Å²) in [5.41, 5.74) is -0.807. The van der Waals surface area contributed by atoms with Crippen molar-refractivity contribution in [1.82, 2.24) is 14.8 Å². The van der Waals surface area contributed by atoms with Crippen LogP contribution in [0.15, 0.2) is 9.59 Å². The summed E-state index contributed by atoms with van der Waals surface area (Å²) in [5, 5.41) is 12.3. The summed E-state index contributed by atoms with van der Waals surface area (Å²) in [7, 11) is 0. The predicted molar refractivity (Wildman–Crippen MR) is 51.5 cm³/mol. The van der Waals surface area contributed by atoms with Gasteiger partial charge in [0.05, 0.1) is 13.2 Å². The number of aromatic amines is 1. The Kier molecular flexibility index (Phi) is 4.19. The summed E-state index contributed by atoms with van der Waals surface area (Å²) in [5.74, 6) is 0. The molecule has 0 amide bonds. The van der Waals surface area contributed by atoms with Gasteiger partial charge >= 0.3 is 5.69 Å². The Hall–Kier alpha value is -1.47. The summed E-state index contributed by atoms with van der Waals surface area (Å²) in [6.07, 6.45) is 0.440. The van der Waals surface area contributed by atoms with Gasteiger partial charge in [-0.15, -0.1) is 0 Å². The third-order valence-corrected chi connectivity index (χ3v) is 1.74. The van der Waals surface area contributed by atoms with Crippen molar-refractivity contribution < 1.29 is 9.84 Å². The third kappa shape index (κ3) is 3.00. The van der Waals surface area contributed by atoms with Crippen LogP contribution >= 0.6 is 0 Å². The highest BCUT2D eigenvalue weighted by molar-refractivity contribution is 4.91. The molecule has 7 nitrogen and oxygen atoms in total. The van der Waals surface area contributed by atoms with Crippen LogP contribution in [0.2, 0.25) is 0 Å². The minimum absolute atomic E-state index is 0.0802. The van der Waals surface area contributed by atoms with Gasteiger partial charge in [0.15, 0.2) is 0 Å². The van der Waals surface area contributed by atoms with Crippen molar-refractivity contribution in [3.8, 4) is 0 Å². The quantitative estimate of drug-likeness (QED) is 0.580. The number of aliphatic hydroxyl groups is 1. The molecule has 84 valence electrons. The van der Waals surface area contributed by atoms with E-state index in [9.17, 15) is 9.59 Å². The van der Waals surface area contributed by atoms with Gasteiger partial charge in [-0.3, -0.25) is 9.78 Å². The summed E-state index contributed by atoms with van der Waals surface area (Å²) >= 11 is 0. The minimum Gasteiger partial charge on any atom is -0.394 e. The van der Waals surface area contributed by atoms with Crippen LogP contribution in [0.3, 0.4) is 0 Å². The second kappa shape index (κ2) is 5.42. The van der Waals surface area contributed by atoms with E-state index in [2.05, 4.69) is 10.1 Å². The molecule has 0 fully saturated rings. The van der Waals surface area contributed by atoms with Gasteiger partial charge < -0.3 is 9.84 Å². The molecule has 1 aromatic heterocycles. The number of aromatic nitrogens is 3. The van der Waals surface area contributed by atoms with Crippen LogP contribution in [-0.2, 0) is 17.9 Å². The van der Waals surface area contributed by atoms with E-state index in [0.29, 0.717) is 6.42 Å². The second-order valence-electron chi connectivity index (χ2n) is 2.82. The summed E-state index contributed by atoms with van der Waals surface area (Å²) in [6.45, 7) is 1.68. The molecular formula is C8H13N3O4. The first kappa shape index (κ1) is 11.6. The van der Waals surface area contributed by atoms with Crippen molar-refractivity contribution >= 4 is 0 Å². The number of hydrogen-bond donors (Lipinski definition) is 2. The van der Waals surface area contributed by atoms with Crippen molar-refractivity contribution in [2.45, 2.75) is 20.1 Å². The van der Waals surface area contributed by atoms with Crippen LogP contribution in [0.5, 0.6) is 0 Å². The zero-order valence-corrected chi connectivity index (χ0v) is 8.39. The van der Waals surface area contributed by atoms with E-state index in [4.69, 9.17) is 9.84 Å². The number of nitrogens with one attached hydrogen (secondary N) is 1. The fraction of sp³-hybridized carbons (Fsp3) is 0.625. The van der Waals surface area contributed by atoms with Crippen LogP contribution in [0.4, 0.5) is 0 Å². The molecule has 1 rings (SSSR count). The van der Waals surface area contributed by atoms with Gasteiger partial charge in [0.1, 0.15) is 12.4 Å². The average molecular weight is 215 g/mol.